The molecule has 0 aliphatic carbocycles. The lowest BCUT2D eigenvalue weighted by molar-refractivity contribution is 0.341. The molecule has 3 nitrogen and oxygen atoms in total. The second-order valence-electron chi connectivity index (χ2n) is 5.30. The van der Waals surface area contributed by atoms with E-state index in [4.69, 9.17) is 11.6 Å². The third-order valence-electron chi connectivity index (χ3n) is 3.76. The highest BCUT2D eigenvalue weighted by atomic mass is 35.5. The second-order valence-corrected chi connectivity index (χ2v) is 6.82. The highest BCUT2D eigenvalue weighted by molar-refractivity contribution is 8.14. The third kappa shape index (κ3) is 5.50. The topological polar surface area (TPSA) is 27.6 Å². The van der Waals surface area contributed by atoms with Crippen LogP contribution in [0.4, 0.5) is 5.69 Å². The molecule has 1 saturated heterocycles. The van der Waals surface area contributed by atoms with Crippen LogP contribution in [0.2, 0.25) is 5.02 Å². The largest absolute Gasteiger partial charge is 0.335 e. The first-order valence-electron chi connectivity index (χ1n) is 7.26. The predicted molar refractivity (Wildman–Crippen MR) is 103 cm³/mol. The molecule has 2 heterocycles. The van der Waals surface area contributed by atoms with Gasteiger partial charge in [-0.1, -0.05) is 23.4 Å². The first-order chi connectivity index (χ1) is 9.81. The van der Waals surface area contributed by atoms with E-state index in [1.54, 1.807) is 0 Å². The Hall–Kier alpha value is -0.130. The smallest absolute Gasteiger partial charge is 0.161 e. The average Bonchev–Trinajstić information content (AvgIpc) is 2.97. The van der Waals surface area contributed by atoms with Gasteiger partial charge in [-0.3, -0.25) is 4.99 Å². The molecule has 7 heteroatoms. The Bertz CT molecular complexity index is 505. The highest BCUT2D eigenvalue weighted by Crippen LogP contribution is 2.26. The summed E-state index contributed by atoms with van der Waals surface area (Å²) >= 11 is 7.82. The van der Waals surface area contributed by atoms with Crippen molar-refractivity contribution >= 4 is 59.0 Å². The number of hydrogen-bond acceptors (Lipinski definition) is 4. The quantitative estimate of drug-likeness (QED) is 0.766. The summed E-state index contributed by atoms with van der Waals surface area (Å²) < 4.78 is 0. The number of fused-ring (bicyclic) bond motifs is 1. The molecule has 0 amide bonds. The van der Waals surface area contributed by atoms with Crippen molar-refractivity contribution in [3.8, 4) is 0 Å². The number of likely N-dealkylation sites (tertiary alicyclic amines) is 1. The van der Waals surface area contributed by atoms with Gasteiger partial charge in [0.05, 0.1) is 6.54 Å². The van der Waals surface area contributed by atoms with Gasteiger partial charge >= 0.3 is 0 Å². The Morgan fingerprint density at radius 2 is 2.00 bits per heavy atom. The molecule has 1 aromatic carbocycles. The van der Waals surface area contributed by atoms with Gasteiger partial charge in [-0.05, 0) is 62.7 Å². The average molecular weight is 383 g/mol. The van der Waals surface area contributed by atoms with Crippen molar-refractivity contribution in [1.29, 1.82) is 0 Å². The summed E-state index contributed by atoms with van der Waals surface area (Å²) in [6, 6.07) is 5.95. The highest BCUT2D eigenvalue weighted by Gasteiger charge is 2.13. The molecule has 124 valence electrons. The first kappa shape index (κ1) is 19.9. The van der Waals surface area contributed by atoms with Gasteiger partial charge in [-0.25, -0.2) is 0 Å². The van der Waals surface area contributed by atoms with E-state index in [9.17, 15) is 0 Å². The lowest BCUT2D eigenvalue weighted by atomic mass is 10.1. The van der Waals surface area contributed by atoms with Crippen molar-refractivity contribution in [3.63, 3.8) is 0 Å². The minimum atomic E-state index is 0. The summed E-state index contributed by atoms with van der Waals surface area (Å²) in [7, 11) is 0. The van der Waals surface area contributed by atoms with Gasteiger partial charge in [0.15, 0.2) is 5.17 Å². The van der Waals surface area contributed by atoms with E-state index in [0.29, 0.717) is 0 Å². The molecule has 1 fully saturated rings. The Labute approximate surface area is 154 Å². The maximum Gasteiger partial charge on any atom is 0.161 e. The zero-order valence-electron chi connectivity index (χ0n) is 12.4. The molecule has 0 unspecified atom stereocenters. The summed E-state index contributed by atoms with van der Waals surface area (Å²) in [5.41, 5.74) is 2.32. The van der Waals surface area contributed by atoms with E-state index < -0.39 is 0 Å². The molecule has 1 aromatic rings. The zero-order chi connectivity index (χ0) is 13.8. The lowest BCUT2D eigenvalue weighted by Crippen LogP contribution is -2.21. The third-order valence-corrected chi connectivity index (χ3v) is 4.99. The van der Waals surface area contributed by atoms with Crippen molar-refractivity contribution in [2.75, 3.05) is 30.7 Å². The molecular weight excluding hydrogens is 361 g/mol. The molecule has 22 heavy (non-hydrogen) atoms. The summed E-state index contributed by atoms with van der Waals surface area (Å²) in [5, 5.41) is 5.22. The minimum Gasteiger partial charge on any atom is -0.335 e. The van der Waals surface area contributed by atoms with Crippen LogP contribution in [0.3, 0.4) is 0 Å². The van der Waals surface area contributed by atoms with Crippen molar-refractivity contribution in [3.05, 3.63) is 28.8 Å². The number of hydrogen-bond donors (Lipinski definition) is 1. The molecule has 0 spiro atoms. The van der Waals surface area contributed by atoms with E-state index in [1.165, 1.54) is 44.5 Å². The Balaban J connectivity index is 0.00000121. The number of nitrogens with zero attached hydrogens (tertiary/aromatic N) is 2. The number of anilines is 1. The fourth-order valence-corrected chi connectivity index (χ4v) is 3.67. The molecule has 0 bridgehead atoms. The summed E-state index contributed by atoms with van der Waals surface area (Å²) in [4.78, 5) is 7.14. The van der Waals surface area contributed by atoms with Gasteiger partial charge in [0.2, 0.25) is 0 Å². The summed E-state index contributed by atoms with van der Waals surface area (Å²) in [5.74, 6) is 1.13. The van der Waals surface area contributed by atoms with Gasteiger partial charge in [-0.15, -0.1) is 24.8 Å². The maximum absolute atomic E-state index is 5.99. The van der Waals surface area contributed by atoms with Crippen molar-refractivity contribution < 1.29 is 0 Å². The predicted octanol–water partition coefficient (Wildman–Crippen LogP) is 4.68. The second kappa shape index (κ2) is 9.89. The monoisotopic (exact) mass is 381 g/mol. The molecular formula is C15H22Cl3N3S. The Morgan fingerprint density at radius 1 is 1.23 bits per heavy atom. The van der Waals surface area contributed by atoms with Gasteiger partial charge in [0, 0.05) is 16.5 Å². The number of aliphatic imine (C=N–C) groups is 1. The van der Waals surface area contributed by atoms with Crippen LogP contribution >= 0.6 is 48.2 Å². The van der Waals surface area contributed by atoms with Crippen LogP contribution in [-0.4, -0.2) is 35.5 Å². The van der Waals surface area contributed by atoms with Gasteiger partial charge < -0.3 is 10.2 Å². The molecule has 0 aromatic heterocycles. The number of thioether (sulfide) groups is 1. The fraction of sp³-hybridized carbons (Fsp3) is 0.533. The molecule has 0 atom stereocenters. The van der Waals surface area contributed by atoms with E-state index in [1.807, 2.05) is 30.0 Å². The lowest BCUT2D eigenvalue weighted by Gasteiger charge is -2.18. The van der Waals surface area contributed by atoms with Crippen LogP contribution in [0.5, 0.6) is 0 Å². The van der Waals surface area contributed by atoms with Crippen LogP contribution < -0.4 is 5.32 Å². The van der Waals surface area contributed by atoms with E-state index in [2.05, 4.69) is 15.2 Å². The van der Waals surface area contributed by atoms with E-state index >= 15 is 0 Å². The summed E-state index contributed by atoms with van der Waals surface area (Å²) in [6.07, 6.45) is 3.99. The van der Waals surface area contributed by atoms with Crippen LogP contribution in [-0.2, 0) is 6.54 Å². The first-order valence-corrected chi connectivity index (χ1v) is 8.63. The molecule has 3 rings (SSSR count). The van der Waals surface area contributed by atoms with Gasteiger partial charge in [0.25, 0.3) is 0 Å². The van der Waals surface area contributed by atoms with Crippen LogP contribution in [0.1, 0.15) is 24.8 Å². The molecule has 0 radical (unpaired) electrons. The molecule has 1 N–H and O–H groups in total. The minimum absolute atomic E-state index is 0. The molecule has 0 saturated carbocycles. The maximum atomic E-state index is 5.99. The number of halogens is 3. The van der Waals surface area contributed by atoms with Crippen LogP contribution in [0.15, 0.2) is 23.2 Å². The van der Waals surface area contributed by atoms with Gasteiger partial charge in [0.1, 0.15) is 0 Å². The number of rotatable bonds is 4. The standard InChI is InChI=1S/C15H20ClN3S.2ClH/c16-13-4-5-14-12(10-13)11-17-15(18-14)20-9-3-8-19-6-1-2-7-19;;/h4-5,10H,1-3,6-9,11H2,(H,17,18);2*1H. The van der Waals surface area contributed by atoms with Crippen molar-refractivity contribution in [2.24, 2.45) is 4.99 Å². The zero-order valence-corrected chi connectivity index (χ0v) is 15.6. The normalized spacial score (nSPS) is 16.9. The van der Waals surface area contributed by atoms with Crippen molar-refractivity contribution in [2.45, 2.75) is 25.8 Å². The Morgan fingerprint density at radius 3 is 2.77 bits per heavy atom. The van der Waals surface area contributed by atoms with E-state index in [-0.39, 0.29) is 24.8 Å². The van der Waals surface area contributed by atoms with Crippen LogP contribution in [0.25, 0.3) is 0 Å². The van der Waals surface area contributed by atoms with Crippen LogP contribution in [0, 0.1) is 0 Å². The number of amidine groups is 1. The van der Waals surface area contributed by atoms with Crippen molar-refractivity contribution in [1.82, 2.24) is 4.90 Å². The molecule has 2 aliphatic heterocycles. The fourth-order valence-electron chi connectivity index (χ4n) is 2.67. The van der Waals surface area contributed by atoms with Gasteiger partial charge in [-0.2, -0.15) is 0 Å². The Kier molecular flexibility index (Phi) is 8.95. The summed E-state index contributed by atoms with van der Waals surface area (Å²) in [6.45, 7) is 4.54. The van der Waals surface area contributed by atoms with E-state index in [0.717, 1.165) is 28.2 Å². The number of benzene rings is 1. The number of nitrogens with one attached hydrogen (secondary N) is 1. The SMILES string of the molecule is Cl.Cl.Clc1ccc2c(c1)CN=C(SCCCN1CCCC1)N2. The molecule has 2 aliphatic rings.